The molecule has 0 aliphatic carbocycles. The molecule has 0 fully saturated rings. The molecule has 0 aromatic heterocycles. The second-order valence-corrected chi connectivity index (χ2v) is 12.0. The van der Waals surface area contributed by atoms with Crippen LogP contribution in [0.15, 0.2) is 77.7 Å². The first-order valence-electron chi connectivity index (χ1n) is 13.9. The van der Waals surface area contributed by atoms with Crippen molar-refractivity contribution in [1.82, 2.24) is 10.2 Å². The summed E-state index contributed by atoms with van der Waals surface area (Å²) in [5, 5.41) is 3.34. The van der Waals surface area contributed by atoms with Gasteiger partial charge in [0.1, 0.15) is 24.2 Å². The molecule has 0 unspecified atom stereocenters. The minimum absolute atomic E-state index is 0.0225. The molecule has 11 heteroatoms. The van der Waals surface area contributed by atoms with Crippen LogP contribution in [0.5, 0.6) is 5.75 Å². The van der Waals surface area contributed by atoms with E-state index in [1.165, 1.54) is 41.3 Å². The highest BCUT2D eigenvalue weighted by molar-refractivity contribution is 7.92. The van der Waals surface area contributed by atoms with Crippen molar-refractivity contribution in [3.8, 4) is 5.75 Å². The van der Waals surface area contributed by atoms with Gasteiger partial charge in [0.25, 0.3) is 10.0 Å². The number of hydrogen-bond acceptors (Lipinski definition) is 5. The highest BCUT2D eigenvalue weighted by atomic mass is 35.5. The number of nitrogens with zero attached hydrogens (tertiary/aromatic N) is 2. The number of ether oxygens (including phenoxy) is 1. The Labute approximate surface area is 252 Å². The summed E-state index contributed by atoms with van der Waals surface area (Å²) in [6, 6.07) is 16.6. The Balaban J connectivity index is 2.06. The fourth-order valence-electron chi connectivity index (χ4n) is 4.31. The average Bonchev–Trinajstić information content (AvgIpc) is 2.97. The van der Waals surface area contributed by atoms with Crippen LogP contribution in [0.2, 0.25) is 5.02 Å². The van der Waals surface area contributed by atoms with Gasteiger partial charge in [-0.3, -0.25) is 13.9 Å². The van der Waals surface area contributed by atoms with Crippen LogP contribution in [0, 0.1) is 5.82 Å². The Morgan fingerprint density at radius 2 is 1.60 bits per heavy atom. The van der Waals surface area contributed by atoms with Crippen molar-refractivity contribution in [2.75, 3.05) is 17.5 Å². The zero-order valence-corrected chi connectivity index (χ0v) is 25.8. The maximum atomic E-state index is 14.1. The average molecular weight is 618 g/mol. The molecule has 0 saturated carbocycles. The standard InChI is InChI=1S/C31H37ClFN3O5S/c1-5-22(4)34-31(38)29(6-2)35(20-23-10-8-9-11-28(23)32)30(37)21-36(25-14-12-24(33)13-15-25)42(39,40)27-18-16-26(17-19-27)41-7-3/h8-19,22,29H,5-7,20-21H2,1-4H3,(H,34,38)/t22-,29+/m1/s1. The summed E-state index contributed by atoms with van der Waals surface area (Å²) in [5.74, 6) is -1.05. The van der Waals surface area contributed by atoms with Gasteiger partial charge < -0.3 is 15.0 Å². The van der Waals surface area contributed by atoms with E-state index in [1.807, 2.05) is 20.8 Å². The number of anilines is 1. The Kier molecular flexibility index (Phi) is 11.8. The molecule has 2 amide bonds. The topological polar surface area (TPSA) is 96.0 Å². The summed E-state index contributed by atoms with van der Waals surface area (Å²) >= 11 is 6.42. The quantitative estimate of drug-likeness (QED) is 0.247. The molecule has 0 aliphatic heterocycles. The third-order valence-corrected chi connectivity index (χ3v) is 8.96. The monoisotopic (exact) mass is 617 g/mol. The Morgan fingerprint density at radius 1 is 0.952 bits per heavy atom. The van der Waals surface area contributed by atoms with Gasteiger partial charge in [0, 0.05) is 17.6 Å². The largest absolute Gasteiger partial charge is 0.494 e. The molecule has 0 spiro atoms. The summed E-state index contributed by atoms with van der Waals surface area (Å²) in [6.45, 7) is 7.14. The molecule has 3 rings (SSSR count). The first kappa shape index (κ1) is 32.9. The fourth-order valence-corrected chi connectivity index (χ4v) is 5.92. The van der Waals surface area contributed by atoms with E-state index in [0.717, 1.165) is 16.4 Å². The zero-order valence-electron chi connectivity index (χ0n) is 24.2. The first-order chi connectivity index (χ1) is 20.0. The van der Waals surface area contributed by atoms with Gasteiger partial charge in [-0.15, -0.1) is 0 Å². The molecule has 0 aliphatic rings. The lowest BCUT2D eigenvalue weighted by molar-refractivity contribution is -0.140. The van der Waals surface area contributed by atoms with E-state index < -0.39 is 34.3 Å². The van der Waals surface area contributed by atoms with Crippen molar-refractivity contribution in [1.29, 1.82) is 0 Å². The fraction of sp³-hybridized carbons (Fsp3) is 0.355. The maximum absolute atomic E-state index is 14.1. The summed E-state index contributed by atoms with van der Waals surface area (Å²) < 4.78 is 48.0. The van der Waals surface area contributed by atoms with Crippen LogP contribution >= 0.6 is 11.6 Å². The normalized spacial score (nSPS) is 12.7. The number of hydrogen-bond donors (Lipinski definition) is 1. The van der Waals surface area contributed by atoms with E-state index in [1.54, 1.807) is 31.2 Å². The van der Waals surface area contributed by atoms with Crippen molar-refractivity contribution in [2.45, 2.75) is 64.1 Å². The van der Waals surface area contributed by atoms with E-state index >= 15 is 0 Å². The third kappa shape index (κ3) is 8.23. The van der Waals surface area contributed by atoms with Crippen molar-refractivity contribution in [3.05, 3.63) is 89.2 Å². The number of sulfonamides is 1. The minimum Gasteiger partial charge on any atom is -0.494 e. The van der Waals surface area contributed by atoms with Crippen LogP contribution in [0.25, 0.3) is 0 Å². The van der Waals surface area contributed by atoms with Gasteiger partial charge in [0.05, 0.1) is 17.2 Å². The lowest BCUT2D eigenvalue weighted by Gasteiger charge is -2.34. The number of halogens is 2. The van der Waals surface area contributed by atoms with Crippen molar-refractivity contribution in [2.24, 2.45) is 0 Å². The molecule has 1 N–H and O–H groups in total. The molecule has 8 nitrogen and oxygen atoms in total. The SMILES string of the molecule is CCOc1ccc(S(=O)(=O)N(CC(=O)N(Cc2ccccc2Cl)[C@@H](CC)C(=O)N[C@H](C)CC)c2ccc(F)cc2)cc1. The number of carbonyl (C=O) groups is 2. The van der Waals surface area contributed by atoms with Crippen LogP contribution in [-0.2, 0) is 26.2 Å². The third-order valence-electron chi connectivity index (χ3n) is 6.80. The number of amides is 2. The van der Waals surface area contributed by atoms with Gasteiger partial charge in [-0.25, -0.2) is 12.8 Å². The molecule has 226 valence electrons. The van der Waals surface area contributed by atoms with E-state index in [2.05, 4.69) is 5.32 Å². The molecule has 0 saturated heterocycles. The number of benzene rings is 3. The molecule has 0 radical (unpaired) electrons. The molecule has 0 heterocycles. The maximum Gasteiger partial charge on any atom is 0.264 e. The molecule has 3 aromatic carbocycles. The van der Waals surface area contributed by atoms with Crippen molar-refractivity contribution < 1.29 is 27.1 Å². The number of nitrogens with one attached hydrogen (secondary N) is 1. The van der Waals surface area contributed by atoms with Crippen molar-refractivity contribution in [3.63, 3.8) is 0 Å². The molecule has 0 bridgehead atoms. The van der Waals surface area contributed by atoms with Crippen LogP contribution < -0.4 is 14.4 Å². The van der Waals surface area contributed by atoms with Crippen molar-refractivity contribution >= 4 is 39.1 Å². The second-order valence-electron chi connectivity index (χ2n) is 9.75. The van der Waals surface area contributed by atoms with Gasteiger partial charge in [-0.1, -0.05) is 43.6 Å². The Hall–Kier alpha value is -3.63. The molecule has 2 atom stereocenters. The molecule has 42 heavy (non-hydrogen) atoms. The van der Waals surface area contributed by atoms with E-state index in [0.29, 0.717) is 29.4 Å². The molecular formula is C31H37ClFN3O5S. The lowest BCUT2D eigenvalue weighted by Crippen LogP contribution is -2.53. The minimum atomic E-state index is -4.30. The van der Waals surface area contributed by atoms with Crippen LogP contribution in [0.1, 0.15) is 46.1 Å². The summed E-state index contributed by atoms with van der Waals surface area (Å²) in [5.41, 5.74) is 0.693. The first-order valence-corrected chi connectivity index (χ1v) is 15.7. The summed E-state index contributed by atoms with van der Waals surface area (Å²) in [4.78, 5) is 28.7. The van der Waals surface area contributed by atoms with E-state index in [-0.39, 0.29) is 35.5 Å². The van der Waals surface area contributed by atoms with Gasteiger partial charge in [-0.05, 0) is 86.8 Å². The predicted molar refractivity (Wildman–Crippen MR) is 163 cm³/mol. The smallest absolute Gasteiger partial charge is 0.264 e. The van der Waals surface area contributed by atoms with Crippen LogP contribution in [-0.4, -0.2) is 50.4 Å². The molecular weight excluding hydrogens is 581 g/mol. The summed E-state index contributed by atoms with van der Waals surface area (Å²) in [7, 11) is -4.30. The van der Waals surface area contributed by atoms with E-state index in [9.17, 15) is 22.4 Å². The van der Waals surface area contributed by atoms with Gasteiger partial charge in [0.2, 0.25) is 11.8 Å². The number of carbonyl (C=O) groups excluding carboxylic acids is 2. The highest BCUT2D eigenvalue weighted by Gasteiger charge is 2.34. The second kappa shape index (κ2) is 15.0. The van der Waals surface area contributed by atoms with E-state index in [4.69, 9.17) is 16.3 Å². The predicted octanol–water partition coefficient (Wildman–Crippen LogP) is 5.80. The van der Waals surface area contributed by atoms with Gasteiger partial charge in [-0.2, -0.15) is 0 Å². The summed E-state index contributed by atoms with van der Waals surface area (Å²) in [6.07, 6.45) is 0.972. The zero-order chi connectivity index (χ0) is 30.9. The van der Waals surface area contributed by atoms with Crippen LogP contribution in [0.3, 0.4) is 0 Å². The lowest BCUT2D eigenvalue weighted by atomic mass is 10.1. The Morgan fingerprint density at radius 3 is 2.17 bits per heavy atom. The number of rotatable bonds is 14. The van der Waals surface area contributed by atoms with Gasteiger partial charge in [0.15, 0.2) is 0 Å². The molecule has 3 aromatic rings. The highest BCUT2D eigenvalue weighted by Crippen LogP contribution is 2.27. The Bertz CT molecular complexity index is 1450. The van der Waals surface area contributed by atoms with Crippen LogP contribution in [0.4, 0.5) is 10.1 Å². The van der Waals surface area contributed by atoms with Gasteiger partial charge >= 0.3 is 0 Å².